The van der Waals surface area contributed by atoms with E-state index in [2.05, 4.69) is 21.2 Å². The molecule has 2 N–H and O–H groups in total. The molecule has 0 saturated heterocycles. The molecule has 20 heavy (non-hydrogen) atoms. The Morgan fingerprint density at radius 3 is 2.80 bits per heavy atom. The van der Waals surface area contributed by atoms with Crippen LogP contribution >= 0.6 is 27.7 Å². The molecular formula is C12H15BrN2O4S. The zero-order valence-electron chi connectivity index (χ0n) is 10.8. The first-order valence-electron chi connectivity index (χ1n) is 5.81. The van der Waals surface area contributed by atoms with Crippen LogP contribution < -0.4 is 10.9 Å². The second kappa shape index (κ2) is 8.11. The van der Waals surface area contributed by atoms with E-state index in [0.717, 1.165) is 0 Å². The number of carbonyl (C=O) groups is 2. The topological polar surface area (TPSA) is 88.4 Å². The van der Waals surface area contributed by atoms with E-state index in [-0.39, 0.29) is 12.1 Å². The summed E-state index contributed by atoms with van der Waals surface area (Å²) in [6.45, 7) is -0.207. The zero-order valence-corrected chi connectivity index (χ0v) is 13.2. The van der Waals surface area contributed by atoms with Gasteiger partial charge in [0.15, 0.2) is 0 Å². The van der Waals surface area contributed by atoms with Gasteiger partial charge in [0.25, 0.3) is 5.56 Å². The van der Waals surface area contributed by atoms with Crippen LogP contribution in [0.2, 0.25) is 0 Å². The first-order valence-corrected chi connectivity index (χ1v) is 8.00. The zero-order chi connectivity index (χ0) is 15.1. The van der Waals surface area contributed by atoms with Crippen molar-refractivity contribution in [3.05, 3.63) is 33.2 Å². The summed E-state index contributed by atoms with van der Waals surface area (Å²) in [7, 11) is 0. The van der Waals surface area contributed by atoms with Crippen molar-refractivity contribution in [1.82, 2.24) is 9.88 Å². The fourth-order valence-corrected chi connectivity index (χ4v) is 2.36. The number of hydrogen-bond donors (Lipinski definition) is 2. The van der Waals surface area contributed by atoms with Crippen molar-refractivity contribution in [3.63, 3.8) is 0 Å². The maximum Gasteiger partial charge on any atom is 0.326 e. The number of aliphatic carboxylic acids is 1. The summed E-state index contributed by atoms with van der Waals surface area (Å²) in [5.74, 6) is -0.943. The fourth-order valence-electron chi connectivity index (χ4n) is 1.51. The maximum atomic E-state index is 11.8. The Balaban J connectivity index is 2.68. The highest BCUT2D eigenvalue weighted by molar-refractivity contribution is 9.10. The van der Waals surface area contributed by atoms with E-state index >= 15 is 0 Å². The van der Waals surface area contributed by atoms with Crippen LogP contribution in [0.1, 0.15) is 6.42 Å². The van der Waals surface area contributed by atoms with Gasteiger partial charge < -0.3 is 15.0 Å². The Labute approximate surface area is 128 Å². The van der Waals surface area contributed by atoms with Gasteiger partial charge in [-0.15, -0.1) is 0 Å². The van der Waals surface area contributed by atoms with Crippen molar-refractivity contribution in [3.8, 4) is 0 Å². The van der Waals surface area contributed by atoms with E-state index in [9.17, 15) is 14.4 Å². The van der Waals surface area contributed by atoms with Crippen LogP contribution in [0.3, 0.4) is 0 Å². The van der Waals surface area contributed by atoms with Gasteiger partial charge in [-0.25, -0.2) is 4.79 Å². The van der Waals surface area contributed by atoms with E-state index in [0.29, 0.717) is 16.6 Å². The Morgan fingerprint density at radius 1 is 1.50 bits per heavy atom. The highest BCUT2D eigenvalue weighted by atomic mass is 79.9. The lowest BCUT2D eigenvalue weighted by Gasteiger charge is -2.14. The number of hydrogen-bond acceptors (Lipinski definition) is 4. The SMILES string of the molecule is CSCCC(NC(=O)Cn1cc(Br)ccc1=O)C(=O)O. The molecule has 0 aliphatic carbocycles. The third kappa shape index (κ3) is 5.38. The van der Waals surface area contributed by atoms with Gasteiger partial charge in [0.05, 0.1) is 0 Å². The number of carboxylic acid groups (broad SMARTS) is 1. The van der Waals surface area contributed by atoms with Crippen LogP contribution in [0.4, 0.5) is 0 Å². The van der Waals surface area contributed by atoms with Gasteiger partial charge in [-0.2, -0.15) is 11.8 Å². The average molecular weight is 363 g/mol. The number of rotatable bonds is 7. The minimum atomic E-state index is -1.08. The van der Waals surface area contributed by atoms with Gasteiger partial charge in [0, 0.05) is 16.7 Å². The number of amides is 1. The average Bonchev–Trinajstić information content (AvgIpc) is 2.38. The molecule has 1 atom stereocenters. The molecule has 0 saturated carbocycles. The van der Waals surface area contributed by atoms with Crippen LogP contribution in [0.15, 0.2) is 27.6 Å². The monoisotopic (exact) mass is 362 g/mol. The maximum absolute atomic E-state index is 11.8. The molecule has 1 aromatic heterocycles. The minimum Gasteiger partial charge on any atom is -0.480 e. The Morgan fingerprint density at radius 2 is 2.20 bits per heavy atom. The molecule has 1 amide bonds. The second-order valence-corrected chi connectivity index (χ2v) is 5.95. The lowest BCUT2D eigenvalue weighted by Crippen LogP contribution is -2.43. The highest BCUT2D eigenvalue weighted by Gasteiger charge is 2.19. The molecule has 0 aliphatic heterocycles. The van der Waals surface area contributed by atoms with E-state index in [1.807, 2.05) is 6.26 Å². The number of nitrogens with zero attached hydrogens (tertiary/aromatic N) is 1. The molecule has 0 aromatic carbocycles. The van der Waals surface area contributed by atoms with Crippen molar-refractivity contribution in [2.75, 3.05) is 12.0 Å². The van der Waals surface area contributed by atoms with Crippen molar-refractivity contribution in [2.45, 2.75) is 19.0 Å². The number of carboxylic acids is 1. The molecule has 0 radical (unpaired) electrons. The van der Waals surface area contributed by atoms with Crippen LogP contribution in [0.25, 0.3) is 0 Å². The predicted molar refractivity (Wildman–Crippen MR) is 81.0 cm³/mol. The van der Waals surface area contributed by atoms with Crippen LogP contribution in [-0.4, -0.2) is 39.6 Å². The first-order chi connectivity index (χ1) is 9.43. The highest BCUT2D eigenvalue weighted by Crippen LogP contribution is 2.05. The van der Waals surface area contributed by atoms with Crippen LogP contribution in [-0.2, 0) is 16.1 Å². The van der Waals surface area contributed by atoms with Gasteiger partial charge in [0.1, 0.15) is 12.6 Å². The first kappa shape index (κ1) is 16.8. The van der Waals surface area contributed by atoms with Crippen molar-refractivity contribution in [2.24, 2.45) is 0 Å². The van der Waals surface area contributed by atoms with E-state index in [1.54, 1.807) is 6.07 Å². The number of aromatic nitrogens is 1. The third-order valence-corrected chi connectivity index (χ3v) is 3.62. The molecule has 1 rings (SSSR count). The van der Waals surface area contributed by atoms with Gasteiger partial charge in [-0.1, -0.05) is 0 Å². The van der Waals surface area contributed by atoms with Crippen molar-refractivity contribution >= 4 is 39.6 Å². The summed E-state index contributed by atoms with van der Waals surface area (Å²) in [6.07, 6.45) is 3.69. The molecule has 0 spiro atoms. The van der Waals surface area contributed by atoms with Gasteiger partial charge >= 0.3 is 5.97 Å². The molecule has 0 bridgehead atoms. The summed E-state index contributed by atoms with van der Waals surface area (Å²) in [5.41, 5.74) is -0.320. The number of thioether (sulfide) groups is 1. The summed E-state index contributed by atoms with van der Waals surface area (Å²) in [4.78, 5) is 34.4. The quantitative estimate of drug-likeness (QED) is 0.753. The summed E-state index contributed by atoms with van der Waals surface area (Å²) >= 11 is 4.71. The lowest BCUT2D eigenvalue weighted by molar-refractivity contribution is -0.141. The van der Waals surface area contributed by atoms with E-state index in [1.165, 1.54) is 28.6 Å². The van der Waals surface area contributed by atoms with Crippen LogP contribution in [0, 0.1) is 0 Å². The molecule has 6 nitrogen and oxygen atoms in total. The number of nitrogens with one attached hydrogen (secondary N) is 1. The van der Waals surface area contributed by atoms with Crippen molar-refractivity contribution in [1.29, 1.82) is 0 Å². The Hall–Kier alpha value is -1.28. The van der Waals surface area contributed by atoms with Gasteiger partial charge in [-0.3, -0.25) is 9.59 Å². The molecular weight excluding hydrogens is 348 g/mol. The summed E-state index contributed by atoms with van der Waals surface area (Å²) in [6, 6.07) is 1.98. The van der Waals surface area contributed by atoms with Crippen LogP contribution in [0.5, 0.6) is 0 Å². The molecule has 0 fully saturated rings. The molecule has 8 heteroatoms. The van der Waals surface area contributed by atoms with E-state index < -0.39 is 17.9 Å². The number of halogens is 1. The fraction of sp³-hybridized carbons (Fsp3) is 0.417. The largest absolute Gasteiger partial charge is 0.480 e. The van der Waals surface area contributed by atoms with Crippen molar-refractivity contribution < 1.29 is 14.7 Å². The standard InChI is InChI=1S/C12H15BrN2O4S/c1-20-5-4-9(12(18)19)14-10(16)7-15-6-8(13)2-3-11(15)17/h2-3,6,9H,4-5,7H2,1H3,(H,14,16)(H,18,19). The molecule has 0 aliphatic rings. The molecule has 110 valence electrons. The smallest absolute Gasteiger partial charge is 0.326 e. The van der Waals surface area contributed by atoms with Gasteiger partial charge in [-0.05, 0) is 40.4 Å². The number of carbonyl (C=O) groups excluding carboxylic acids is 1. The minimum absolute atomic E-state index is 0.207. The molecule has 1 heterocycles. The Kier molecular flexibility index (Phi) is 6.80. The lowest BCUT2D eigenvalue weighted by atomic mass is 10.2. The van der Waals surface area contributed by atoms with Gasteiger partial charge in [0.2, 0.25) is 5.91 Å². The Bertz CT molecular complexity index is 547. The predicted octanol–water partition coefficient (Wildman–Crippen LogP) is 0.933. The molecule has 1 unspecified atom stereocenters. The number of pyridine rings is 1. The second-order valence-electron chi connectivity index (χ2n) is 4.05. The normalized spacial score (nSPS) is 11.9. The summed E-state index contributed by atoms with van der Waals surface area (Å²) in [5, 5.41) is 11.4. The molecule has 1 aromatic rings. The third-order valence-electron chi connectivity index (χ3n) is 2.51. The summed E-state index contributed by atoms with van der Waals surface area (Å²) < 4.78 is 1.88. The van der Waals surface area contributed by atoms with E-state index in [4.69, 9.17) is 5.11 Å².